The van der Waals surface area contributed by atoms with Gasteiger partial charge < -0.3 is 14.8 Å². The molecule has 5 nitrogen and oxygen atoms in total. The summed E-state index contributed by atoms with van der Waals surface area (Å²) in [5.74, 6) is -0.870. The van der Waals surface area contributed by atoms with Gasteiger partial charge in [-0.25, -0.2) is 9.59 Å². The van der Waals surface area contributed by atoms with Crippen molar-refractivity contribution in [1.82, 2.24) is 0 Å². The van der Waals surface area contributed by atoms with Crippen LogP contribution in [0.25, 0.3) is 0 Å². The first-order chi connectivity index (χ1) is 9.13. The van der Waals surface area contributed by atoms with Crippen molar-refractivity contribution in [3.05, 3.63) is 29.3 Å². The average Bonchev–Trinajstić information content (AvgIpc) is 2.45. The molecule has 0 atom stereocenters. The molecule has 19 heavy (non-hydrogen) atoms. The molecule has 5 heteroatoms. The molecule has 0 aromatic heterocycles. The van der Waals surface area contributed by atoms with E-state index in [0.29, 0.717) is 16.8 Å². The molecule has 0 saturated carbocycles. The number of carbonyl (C=O) groups excluding carboxylic acids is 2. The Morgan fingerprint density at radius 2 is 1.84 bits per heavy atom. The molecule has 1 aromatic carbocycles. The monoisotopic (exact) mass is 265 g/mol. The lowest BCUT2D eigenvalue weighted by molar-refractivity contribution is 0.0587. The van der Waals surface area contributed by atoms with Gasteiger partial charge in [0.1, 0.15) is 0 Å². The number of anilines is 1. The van der Waals surface area contributed by atoms with E-state index in [1.165, 1.54) is 14.2 Å². The van der Waals surface area contributed by atoms with E-state index in [1.54, 1.807) is 18.2 Å². The number of carbonyl (C=O) groups is 2. The van der Waals surface area contributed by atoms with Crippen LogP contribution < -0.4 is 5.32 Å². The first kappa shape index (κ1) is 15.0. The van der Waals surface area contributed by atoms with Crippen molar-refractivity contribution in [3.63, 3.8) is 0 Å². The maximum Gasteiger partial charge on any atom is 0.339 e. The van der Waals surface area contributed by atoms with Crippen LogP contribution >= 0.6 is 0 Å². The molecular weight excluding hydrogens is 246 g/mol. The standard InChI is InChI=1S/C14H19NO4/c1-4-5-8-15-12-9-10(13(16)18-2)6-7-11(12)14(17)19-3/h6-7,9,15H,4-5,8H2,1-3H3. The number of benzene rings is 1. The molecule has 0 aliphatic carbocycles. The Hall–Kier alpha value is -2.04. The van der Waals surface area contributed by atoms with Crippen LogP contribution in [0.3, 0.4) is 0 Å². The number of hydrogen-bond donors (Lipinski definition) is 1. The Morgan fingerprint density at radius 1 is 1.16 bits per heavy atom. The van der Waals surface area contributed by atoms with E-state index in [4.69, 9.17) is 4.74 Å². The molecular formula is C14H19NO4. The SMILES string of the molecule is CCCCNc1cc(C(=O)OC)ccc1C(=O)OC. The van der Waals surface area contributed by atoms with Crippen LogP contribution in [0, 0.1) is 0 Å². The van der Waals surface area contributed by atoms with Gasteiger partial charge in [0.15, 0.2) is 0 Å². The molecule has 0 heterocycles. The van der Waals surface area contributed by atoms with Gasteiger partial charge in [0.25, 0.3) is 0 Å². The highest BCUT2D eigenvalue weighted by Crippen LogP contribution is 2.19. The fourth-order valence-corrected chi connectivity index (χ4v) is 1.62. The van der Waals surface area contributed by atoms with Crippen LogP contribution in [0.1, 0.15) is 40.5 Å². The maximum atomic E-state index is 11.6. The molecule has 1 aromatic rings. The van der Waals surface area contributed by atoms with Crippen molar-refractivity contribution in [2.24, 2.45) is 0 Å². The van der Waals surface area contributed by atoms with E-state index >= 15 is 0 Å². The van der Waals surface area contributed by atoms with Crippen molar-refractivity contribution in [3.8, 4) is 0 Å². The first-order valence-corrected chi connectivity index (χ1v) is 6.18. The fourth-order valence-electron chi connectivity index (χ4n) is 1.62. The van der Waals surface area contributed by atoms with Crippen LogP contribution in [0.15, 0.2) is 18.2 Å². The van der Waals surface area contributed by atoms with E-state index in [1.807, 2.05) is 0 Å². The fraction of sp³-hybridized carbons (Fsp3) is 0.429. The number of methoxy groups -OCH3 is 2. The van der Waals surface area contributed by atoms with E-state index in [-0.39, 0.29) is 0 Å². The highest BCUT2D eigenvalue weighted by molar-refractivity contribution is 5.98. The highest BCUT2D eigenvalue weighted by Gasteiger charge is 2.15. The zero-order valence-corrected chi connectivity index (χ0v) is 11.5. The third-order valence-electron chi connectivity index (χ3n) is 2.69. The summed E-state index contributed by atoms with van der Waals surface area (Å²) >= 11 is 0. The quantitative estimate of drug-likeness (QED) is 0.632. The van der Waals surface area contributed by atoms with E-state index in [2.05, 4.69) is 17.0 Å². The minimum atomic E-state index is -0.435. The van der Waals surface area contributed by atoms with Crippen molar-refractivity contribution in [2.45, 2.75) is 19.8 Å². The molecule has 1 N–H and O–H groups in total. The van der Waals surface area contributed by atoms with E-state index in [0.717, 1.165) is 19.4 Å². The van der Waals surface area contributed by atoms with Crippen molar-refractivity contribution in [2.75, 3.05) is 26.1 Å². The topological polar surface area (TPSA) is 64.6 Å². The van der Waals surface area contributed by atoms with E-state index in [9.17, 15) is 9.59 Å². The molecule has 104 valence electrons. The van der Waals surface area contributed by atoms with Gasteiger partial charge in [-0.15, -0.1) is 0 Å². The Balaban J connectivity index is 3.03. The largest absolute Gasteiger partial charge is 0.465 e. The zero-order chi connectivity index (χ0) is 14.3. The molecule has 0 fully saturated rings. The average molecular weight is 265 g/mol. The summed E-state index contributed by atoms with van der Waals surface area (Å²) in [5, 5.41) is 3.14. The number of ether oxygens (including phenoxy) is 2. The smallest absolute Gasteiger partial charge is 0.339 e. The molecule has 0 amide bonds. The predicted octanol–water partition coefficient (Wildman–Crippen LogP) is 2.47. The number of rotatable bonds is 6. The van der Waals surface area contributed by atoms with Gasteiger partial charge >= 0.3 is 11.9 Å². The first-order valence-electron chi connectivity index (χ1n) is 6.18. The number of esters is 2. The van der Waals surface area contributed by atoms with Gasteiger partial charge in [-0.1, -0.05) is 13.3 Å². The number of hydrogen-bond acceptors (Lipinski definition) is 5. The lowest BCUT2D eigenvalue weighted by Gasteiger charge is -2.11. The summed E-state index contributed by atoms with van der Waals surface area (Å²) < 4.78 is 9.38. The third kappa shape index (κ3) is 3.98. The predicted molar refractivity (Wildman–Crippen MR) is 72.5 cm³/mol. The number of nitrogens with one attached hydrogen (secondary N) is 1. The summed E-state index contributed by atoms with van der Waals surface area (Å²) in [5.41, 5.74) is 1.39. The Morgan fingerprint density at radius 3 is 2.42 bits per heavy atom. The summed E-state index contributed by atoms with van der Waals surface area (Å²) in [6.45, 7) is 2.80. The molecule has 0 saturated heterocycles. The van der Waals surface area contributed by atoms with Crippen LogP contribution in [0.4, 0.5) is 5.69 Å². The van der Waals surface area contributed by atoms with Crippen molar-refractivity contribution < 1.29 is 19.1 Å². The van der Waals surface area contributed by atoms with E-state index < -0.39 is 11.9 Å². The molecule has 0 radical (unpaired) electrons. The zero-order valence-electron chi connectivity index (χ0n) is 11.5. The summed E-state index contributed by atoms with van der Waals surface area (Å²) in [4.78, 5) is 23.1. The second-order valence-electron chi connectivity index (χ2n) is 4.02. The van der Waals surface area contributed by atoms with Crippen molar-refractivity contribution in [1.29, 1.82) is 0 Å². The lowest BCUT2D eigenvalue weighted by Crippen LogP contribution is -2.11. The Labute approximate surface area is 112 Å². The Kier molecular flexibility index (Phi) is 5.85. The third-order valence-corrected chi connectivity index (χ3v) is 2.69. The Bertz CT molecular complexity index is 457. The minimum Gasteiger partial charge on any atom is -0.465 e. The summed E-state index contributed by atoms with van der Waals surface area (Å²) in [6.07, 6.45) is 2.01. The molecule has 0 aliphatic rings. The molecule has 0 bridgehead atoms. The molecule has 0 spiro atoms. The highest BCUT2D eigenvalue weighted by atomic mass is 16.5. The van der Waals surface area contributed by atoms with Gasteiger partial charge in [-0.05, 0) is 24.6 Å². The van der Waals surface area contributed by atoms with Crippen molar-refractivity contribution >= 4 is 17.6 Å². The second-order valence-corrected chi connectivity index (χ2v) is 4.02. The van der Waals surface area contributed by atoms with Gasteiger partial charge in [0.2, 0.25) is 0 Å². The number of unbranched alkanes of at least 4 members (excludes halogenated alkanes) is 1. The van der Waals surface area contributed by atoms with Crippen LogP contribution in [-0.4, -0.2) is 32.7 Å². The molecule has 0 unspecified atom stereocenters. The van der Waals surface area contributed by atoms with Crippen LogP contribution in [0.2, 0.25) is 0 Å². The second kappa shape index (κ2) is 7.41. The summed E-state index contributed by atoms with van der Waals surface area (Å²) in [7, 11) is 2.65. The van der Waals surface area contributed by atoms with Crippen LogP contribution in [-0.2, 0) is 9.47 Å². The summed E-state index contributed by atoms with van der Waals surface area (Å²) in [6, 6.07) is 4.71. The molecule has 0 aliphatic heterocycles. The lowest BCUT2D eigenvalue weighted by atomic mass is 10.1. The van der Waals surface area contributed by atoms with Gasteiger partial charge in [0, 0.05) is 12.2 Å². The van der Waals surface area contributed by atoms with Gasteiger partial charge in [0.05, 0.1) is 25.3 Å². The normalized spacial score (nSPS) is 9.84. The minimum absolute atomic E-state index is 0.397. The maximum absolute atomic E-state index is 11.6. The van der Waals surface area contributed by atoms with Gasteiger partial charge in [-0.3, -0.25) is 0 Å². The molecule has 1 rings (SSSR count). The van der Waals surface area contributed by atoms with Gasteiger partial charge in [-0.2, -0.15) is 0 Å². The van der Waals surface area contributed by atoms with Crippen LogP contribution in [0.5, 0.6) is 0 Å².